The first-order chi connectivity index (χ1) is 36.8. The zero-order chi connectivity index (χ0) is 53.4. The molecule has 0 saturated heterocycles. The van der Waals surface area contributed by atoms with E-state index in [0.29, 0.717) is 6.67 Å². The van der Waals surface area contributed by atoms with E-state index in [-0.39, 0.29) is 33.9 Å². The molecular formula is C70H72BN5O. The molecule has 0 saturated carbocycles. The van der Waals surface area contributed by atoms with Crippen molar-refractivity contribution in [1.82, 2.24) is 14.4 Å². The molecule has 6 aromatic carbocycles. The molecule has 0 radical (unpaired) electrons. The van der Waals surface area contributed by atoms with Gasteiger partial charge in [-0.3, -0.25) is 4.57 Å². The minimum Gasteiger partial charge on any atom is -0.457 e. The number of benzene rings is 6. The van der Waals surface area contributed by atoms with Crippen molar-refractivity contribution in [1.29, 1.82) is 0 Å². The number of hydrogen-bond donors (Lipinski definition) is 0. The van der Waals surface area contributed by atoms with Gasteiger partial charge in [-0.15, -0.1) is 0 Å². The Bertz CT molecular complexity index is 3850. The number of allylic oxidation sites excluding steroid dienone is 3. The highest BCUT2D eigenvalue weighted by molar-refractivity contribution is 6.82. The Labute approximate surface area is 457 Å². The summed E-state index contributed by atoms with van der Waals surface area (Å²) < 4.78 is 9.22. The SMILES string of the molecule is CC(C)(C)c1ccnc(-n2c3ccccc3c3ccc(Oc4cccc(N5CN(C6=C(c7ccc8c(c7)C(C)(C)CCC8(C)C)B7C=CC=CN7C=C6c6ccc7c(c6)C(C)(C)CCC7(C)C)c6ccccc65)c4)cc32)c1. The fraction of sp³-hybridized carbons (Fsp3) is 0.300. The lowest BCUT2D eigenvalue weighted by atomic mass is 9.48. The van der Waals surface area contributed by atoms with Crippen molar-refractivity contribution in [3.63, 3.8) is 0 Å². The number of aromatic nitrogens is 2. The summed E-state index contributed by atoms with van der Waals surface area (Å²) >= 11 is 0. The average molecular weight is 1010 g/mol. The van der Waals surface area contributed by atoms with E-state index in [4.69, 9.17) is 9.72 Å². The Kier molecular flexibility index (Phi) is 11.2. The van der Waals surface area contributed by atoms with Crippen LogP contribution in [-0.2, 0) is 27.1 Å². The largest absolute Gasteiger partial charge is 0.457 e. The molecule has 0 N–H and O–H groups in total. The zero-order valence-corrected chi connectivity index (χ0v) is 47.0. The Morgan fingerprint density at radius 1 is 0.545 bits per heavy atom. The summed E-state index contributed by atoms with van der Waals surface area (Å²) in [4.78, 5) is 12.5. The van der Waals surface area contributed by atoms with E-state index in [9.17, 15) is 0 Å². The van der Waals surface area contributed by atoms with Gasteiger partial charge >= 0.3 is 6.85 Å². The molecule has 5 aliphatic rings. The van der Waals surface area contributed by atoms with Gasteiger partial charge in [0.1, 0.15) is 24.0 Å². The van der Waals surface area contributed by atoms with Crippen molar-refractivity contribution >= 4 is 56.8 Å². The smallest absolute Gasteiger partial charge is 0.322 e. The molecular weight excluding hydrogens is 938 g/mol. The van der Waals surface area contributed by atoms with Gasteiger partial charge in [0.05, 0.1) is 22.4 Å². The van der Waals surface area contributed by atoms with Crippen molar-refractivity contribution in [3.05, 3.63) is 221 Å². The molecule has 2 aromatic heterocycles. The lowest BCUT2D eigenvalue weighted by molar-refractivity contribution is 0.332. The molecule has 6 nitrogen and oxygen atoms in total. The van der Waals surface area contributed by atoms with Crippen LogP contribution in [0.15, 0.2) is 182 Å². The summed E-state index contributed by atoms with van der Waals surface area (Å²) in [7, 11) is 0. The van der Waals surface area contributed by atoms with Crippen molar-refractivity contribution in [3.8, 4) is 17.3 Å². The maximum atomic E-state index is 6.93. The van der Waals surface area contributed by atoms with Gasteiger partial charge in [0.25, 0.3) is 0 Å². The van der Waals surface area contributed by atoms with Crippen LogP contribution in [0.25, 0.3) is 38.7 Å². The number of para-hydroxylation sites is 3. The van der Waals surface area contributed by atoms with Gasteiger partial charge in [0.2, 0.25) is 0 Å². The first-order valence-electron chi connectivity index (χ1n) is 28.1. The molecule has 0 atom stereocenters. The molecule has 0 unspecified atom stereocenters. The van der Waals surface area contributed by atoms with Gasteiger partial charge in [0.15, 0.2) is 0 Å². The predicted octanol–water partition coefficient (Wildman–Crippen LogP) is 17.8. The van der Waals surface area contributed by atoms with Crippen LogP contribution >= 0.6 is 0 Å². The minimum atomic E-state index is -0.0180. The van der Waals surface area contributed by atoms with Crippen LogP contribution < -0.4 is 14.5 Å². The Morgan fingerprint density at radius 2 is 1.17 bits per heavy atom. The summed E-state index contributed by atoms with van der Waals surface area (Å²) in [5.41, 5.74) is 19.4. The molecule has 7 heteroatoms. The molecule has 386 valence electrons. The van der Waals surface area contributed by atoms with Gasteiger partial charge in [-0.25, -0.2) is 4.98 Å². The highest BCUT2D eigenvalue weighted by atomic mass is 16.5. The first kappa shape index (κ1) is 49.1. The van der Waals surface area contributed by atoms with Crippen LogP contribution in [0.3, 0.4) is 0 Å². The van der Waals surface area contributed by atoms with Gasteiger partial charge in [-0.05, 0) is 164 Å². The molecule has 0 bridgehead atoms. The third-order valence-electron chi connectivity index (χ3n) is 18.3. The molecule has 5 heterocycles. The van der Waals surface area contributed by atoms with Crippen molar-refractivity contribution in [2.75, 3.05) is 16.5 Å². The number of nitrogens with zero attached hydrogens (tertiary/aromatic N) is 5. The standard InChI is InChI=1S/C70H72BN5O/c1-66(2,3)48-31-37-72-63(41-48)76-59-22-13-12-21-52(59)53-28-27-51(43-62(53)76)77-50-20-18-19-49(42-50)74-45-75(61-24-15-14-23-60(61)74)65-54(46-25-29-55-57(39-46)69(8,9)34-32-67(55,4)5)44-73-38-17-16-36-71(73)64(65)47-26-30-56-58(40-47)70(10,11)35-33-68(56,6)7/h12-31,36-44H,32-35,45H2,1-11H3. The number of hydrogen-bond acceptors (Lipinski definition) is 5. The second-order valence-electron chi connectivity index (χ2n) is 26.2. The van der Waals surface area contributed by atoms with Crippen LogP contribution in [0.5, 0.6) is 11.5 Å². The topological polar surface area (TPSA) is 36.8 Å². The highest BCUT2D eigenvalue weighted by Crippen LogP contribution is 2.53. The zero-order valence-electron chi connectivity index (χ0n) is 47.0. The van der Waals surface area contributed by atoms with E-state index in [1.807, 2.05) is 6.20 Å². The van der Waals surface area contributed by atoms with Gasteiger partial charge < -0.3 is 19.3 Å². The Hall–Kier alpha value is -7.51. The van der Waals surface area contributed by atoms with E-state index < -0.39 is 0 Å². The number of anilines is 3. The summed E-state index contributed by atoms with van der Waals surface area (Å²) in [5, 5.41) is 2.35. The minimum absolute atomic E-state index is 0.00305. The van der Waals surface area contributed by atoms with E-state index in [0.717, 1.165) is 58.0 Å². The van der Waals surface area contributed by atoms with Crippen molar-refractivity contribution in [2.45, 2.75) is 129 Å². The quantitative estimate of drug-likeness (QED) is 0.149. The number of pyridine rings is 1. The van der Waals surface area contributed by atoms with Crippen LogP contribution in [0.4, 0.5) is 17.1 Å². The van der Waals surface area contributed by atoms with E-state index in [2.05, 4.69) is 265 Å². The highest BCUT2D eigenvalue weighted by Gasteiger charge is 2.43. The van der Waals surface area contributed by atoms with Gasteiger partial charge in [0, 0.05) is 52.3 Å². The Morgan fingerprint density at radius 3 is 1.88 bits per heavy atom. The normalized spacial score (nSPS) is 18.8. The predicted molar refractivity (Wildman–Crippen MR) is 324 cm³/mol. The fourth-order valence-electron chi connectivity index (χ4n) is 13.4. The molecule has 3 aliphatic heterocycles. The molecule has 0 amide bonds. The third kappa shape index (κ3) is 8.17. The third-order valence-corrected chi connectivity index (χ3v) is 18.3. The number of rotatable bonds is 7. The first-order valence-corrected chi connectivity index (χ1v) is 28.1. The van der Waals surface area contributed by atoms with E-state index in [1.54, 1.807) is 0 Å². The van der Waals surface area contributed by atoms with Crippen molar-refractivity contribution in [2.24, 2.45) is 0 Å². The van der Waals surface area contributed by atoms with Gasteiger partial charge in [-0.1, -0.05) is 161 Å². The molecule has 8 aromatic rings. The molecule has 0 fully saturated rings. The fourth-order valence-corrected chi connectivity index (χ4v) is 13.4. The summed E-state index contributed by atoms with van der Waals surface area (Å²) in [6.45, 7) is 26.9. The van der Waals surface area contributed by atoms with Crippen LogP contribution in [-0.4, -0.2) is 27.9 Å². The van der Waals surface area contributed by atoms with Crippen molar-refractivity contribution < 1.29 is 4.74 Å². The lowest BCUT2D eigenvalue weighted by Crippen LogP contribution is -2.41. The van der Waals surface area contributed by atoms with Crippen LogP contribution in [0.2, 0.25) is 0 Å². The van der Waals surface area contributed by atoms with E-state index >= 15 is 0 Å². The summed E-state index contributed by atoms with van der Waals surface area (Å²) in [6.07, 6.45) is 15.7. The molecule has 13 rings (SSSR count). The maximum Gasteiger partial charge on any atom is 0.322 e. The Balaban J connectivity index is 0.941. The summed E-state index contributed by atoms with van der Waals surface area (Å²) in [5.74, 6) is 4.84. The molecule has 2 aliphatic carbocycles. The van der Waals surface area contributed by atoms with Crippen LogP contribution in [0.1, 0.15) is 141 Å². The molecule has 0 spiro atoms. The molecule has 77 heavy (non-hydrogen) atoms. The maximum absolute atomic E-state index is 6.93. The average Bonchev–Trinajstić information content (AvgIpc) is 4.01. The second kappa shape index (κ2) is 17.5. The number of ether oxygens (including phenoxy) is 1. The van der Waals surface area contributed by atoms with Gasteiger partial charge in [-0.2, -0.15) is 0 Å². The van der Waals surface area contributed by atoms with E-state index in [1.165, 1.54) is 79.6 Å². The van der Waals surface area contributed by atoms with Crippen LogP contribution in [0, 0.1) is 0 Å². The lowest BCUT2D eigenvalue weighted by Gasteiger charge is -2.43. The monoisotopic (exact) mass is 1010 g/mol. The second-order valence-corrected chi connectivity index (χ2v) is 26.2. The number of fused-ring (bicyclic) bond motifs is 7. The summed E-state index contributed by atoms with van der Waals surface area (Å²) in [6, 6.07) is 52.0.